The summed E-state index contributed by atoms with van der Waals surface area (Å²) in [7, 11) is 0. The Labute approximate surface area is 355 Å². The first-order valence-electron chi connectivity index (χ1n) is 24.0. The van der Waals surface area contributed by atoms with E-state index in [1.54, 1.807) is 6.20 Å². The number of H-pyrrole nitrogens is 1. The summed E-state index contributed by atoms with van der Waals surface area (Å²) in [6.07, 6.45) is 50.3. The van der Waals surface area contributed by atoms with Gasteiger partial charge in [-0.3, -0.25) is 9.79 Å². The topological polar surface area (TPSA) is 172 Å². The second-order valence-electron chi connectivity index (χ2n) is 16.6. The molecule has 0 spiro atoms. The summed E-state index contributed by atoms with van der Waals surface area (Å²) in [5, 5.41) is 16.5. The first-order valence-corrected chi connectivity index (χ1v) is 24.0. The quantitative estimate of drug-likeness (QED) is 0.0165. The van der Waals surface area contributed by atoms with Crippen LogP contribution >= 0.6 is 0 Å². The van der Waals surface area contributed by atoms with E-state index in [0.29, 0.717) is 25.1 Å². The molecule has 3 atom stereocenters. The summed E-state index contributed by atoms with van der Waals surface area (Å²) in [4.78, 5) is 37.0. The van der Waals surface area contributed by atoms with Crippen LogP contribution in [-0.4, -0.2) is 57.6 Å². The summed E-state index contributed by atoms with van der Waals surface area (Å²) >= 11 is 0. The molecule has 10 nitrogen and oxygen atoms in total. The Kier molecular flexibility index (Phi) is 35.9. The Balaban J connectivity index is 2.63. The summed E-state index contributed by atoms with van der Waals surface area (Å²) in [6, 6.07) is -1.42. The molecule has 0 fully saturated rings. The molecular weight excluding hydrogens is 723 g/mol. The van der Waals surface area contributed by atoms with Gasteiger partial charge >= 0.3 is 5.97 Å². The lowest BCUT2D eigenvalue weighted by Crippen LogP contribution is -2.53. The summed E-state index contributed by atoms with van der Waals surface area (Å²) in [6.45, 7) is 4.95. The number of nitrogens with two attached hydrogens (primary N) is 2. The van der Waals surface area contributed by atoms with Crippen LogP contribution in [0.5, 0.6) is 0 Å². The first kappa shape index (κ1) is 52.9. The zero-order valence-electron chi connectivity index (χ0n) is 37.3. The predicted molar refractivity (Wildman–Crippen MR) is 246 cm³/mol. The van der Waals surface area contributed by atoms with E-state index in [4.69, 9.17) is 11.5 Å². The van der Waals surface area contributed by atoms with Crippen molar-refractivity contribution < 1.29 is 14.7 Å². The highest BCUT2D eigenvalue weighted by atomic mass is 16.4. The monoisotopic (exact) mass is 812 g/mol. The summed E-state index contributed by atoms with van der Waals surface area (Å²) in [5.41, 5.74) is 11.8. The normalized spacial score (nSPS) is 13.3. The second-order valence-corrected chi connectivity index (χ2v) is 16.6. The van der Waals surface area contributed by atoms with E-state index >= 15 is 0 Å². The lowest BCUT2D eigenvalue weighted by atomic mass is 9.98. The molecule has 58 heavy (non-hydrogen) atoms. The number of amides is 1. The minimum absolute atomic E-state index is 0.0292. The number of hydrogen-bond acceptors (Lipinski definition) is 5. The van der Waals surface area contributed by atoms with Gasteiger partial charge in [0, 0.05) is 30.9 Å². The lowest BCUT2D eigenvalue weighted by molar-refractivity contribution is -0.142. The van der Waals surface area contributed by atoms with Crippen LogP contribution < -0.4 is 22.1 Å². The van der Waals surface area contributed by atoms with Crippen molar-refractivity contribution in [2.75, 3.05) is 6.54 Å². The van der Waals surface area contributed by atoms with Gasteiger partial charge in [-0.2, -0.15) is 0 Å². The van der Waals surface area contributed by atoms with Gasteiger partial charge in [-0.15, -0.1) is 0 Å². The van der Waals surface area contributed by atoms with Gasteiger partial charge in [-0.05, 0) is 77.0 Å². The Bertz CT molecular complexity index is 1170. The predicted octanol–water partition coefficient (Wildman–Crippen LogP) is 11.4. The number of carbonyl (C=O) groups is 2. The summed E-state index contributed by atoms with van der Waals surface area (Å²) in [5.74, 6) is -1.34. The fraction of sp³-hybridized carbons (Fsp3) is 0.792. The molecule has 1 aromatic heterocycles. The van der Waals surface area contributed by atoms with Crippen molar-refractivity contribution in [1.82, 2.24) is 20.6 Å². The van der Waals surface area contributed by atoms with E-state index < -0.39 is 18.1 Å². The number of allylic oxidation sites excluding steroid dienone is 4. The van der Waals surface area contributed by atoms with Crippen LogP contribution in [-0.2, 0) is 16.0 Å². The third-order valence-corrected chi connectivity index (χ3v) is 11.2. The van der Waals surface area contributed by atoms with E-state index in [0.717, 1.165) is 25.7 Å². The molecule has 0 saturated heterocycles. The Hall–Kier alpha value is -3.14. The van der Waals surface area contributed by atoms with Crippen molar-refractivity contribution in [2.24, 2.45) is 16.5 Å². The van der Waals surface area contributed by atoms with Crippen LogP contribution in [0.3, 0.4) is 0 Å². The van der Waals surface area contributed by atoms with Gasteiger partial charge in [0.2, 0.25) is 5.91 Å². The standard InChI is InChI=1S/C48H89N7O3/c1-3-5-7-9-11-13-15-17-19-21-23-25-27-29-31-33-36-42(35-32-30-28-26-24-22-20-18-16-14-12-10-8-6-4-2)54-44(37-34-38-52-48(49)50)46(56)55-45(47(57)58)39-43-40-51-41-53-43/h17-20,40-42,44-45,54H,3-16,21-39H2,1-2H3,(H,51,53)(H,55,56)(H,57,58)(H4,49,50,52)/b19-17-,20-18-/t42?,44-,45-/m0/s1. The molecule has 334 valence electrons. The molecule has 0 aliphatic carbocycles. The highest BCUT2D eigenvalue weighted by molar-refractivity contribution is 5.87. The van der Waals surface area contributed by atoms with Crippen molar-refractivity contribution in [3.63, 3.8) is 0 Å². The number of aromatic amines is 1. The molecule has 1 unspecified atom stereocenters. The first-order chi connectivity index (χ1) is 28.4. The molecule has 1 heterocycles. The van der Waals surface area contributed by atoms with Crippen LogP contribution in [0, 0.1) is 0 Å². The van der Waals surface area contributed by atoms with Crippen LogP contribution in [0.15, 0.2) is 41.8 Å². The van der Waals surface area contributed by atoms with E-state index in [-0.39, 0.29) is 24.3 Å². The maximum absolute atomic E-state index is 13.7. The summed E-state index contributed by atoms with van der Waals surface area (Å²) < 4.78 is 0. The third-order valence-electron chi connectivity index (χ3n) is 11.2. The highest BCUT2D eigenvalue weighted by Gasteiger charge is 2.27. The second kappa shape index (κ2) is 39.3. The average Bonchev–Trinajstić information content (AvgIpc) is 3.73. The number of imidazole rings is 1. The molecule has 0 aliphatic rings. The molecule has 0 aromatic carbocycles. The van der Waals surface area contributed by atoms with Crippen LogP contribution in [0.1, 0.15) is 219 Å². The van der Waals surface area contributed by atoms with Crippen molar-refractivity contribution in [1.29, 1.82) is 0 Å². The fourth-order valence-electron chi connectivity index (χ4n) is 7.58. The van der Waals surface area contributed by atoms with Gasteiger partial charge in [0.15, 0.2) is 5.96 Å². The number of guanidine groups is 1. The Morgan fingerprint density at radius 1 is 0.655 bits per heavy atom. The maximum Gasteiger partial charge on any atom is 0.326 e. The minimum Gasteiger partial charge on any atom is -0.480 e. The molecule has 1 rings (SSSR count). The van der Waals surface area contributed by atoms with Crippen molar-refractivity contribution >= 4 is 17.8 Å². The molecular formula is C48H89N7O3. The SMILES string of the molecule is CCCCCCCC/C=C\CCCCCCCCC(CCCCCCC/C=C\CCCCCCCC)N[C@@H](CCCN=C(N)N)C(=O)N[C@@H](Cc1cnc[nH]1)C(=O)O. The number of rotatable bonds is 42. The minimum atomic E-state index is -1.07. The largest absolute Gasteiger partial charge is 0.480 e. The van der Waals surface area contributed by atoms with Gasteiger partial charge < -0.3 is 32.2 Å². The zero-order valence-corrected chi connectivity index (χ0v) is 37.3. The number of nitrogens with zero attached hydrogens (tertiary/aromatic N) is 2. The zero-order chi connectivity index (χ0) is 42.2. The van der Waals surface area contributed by atoms with E-state index in [2.05, 4.69) is 63.7 Å². The number of aliphatic carboxylic acids is 1. The number of carbonyl (C=O) groups excluding carboxylic acids is 1. The van der Waals surface area contributed by atoms with E-state index in [1.165, 1.54) is 167 Å². The molecule has 0 saturated carbocycles. The van der Waals surface area contributed by atoms with E-state index in [1.807, 2.05) is 0 Å². The molecule has 10 heteroatoms. The van der Waals surface area contributed by atoms with Crippen LogP contribution in [0.2, 0.25) is 0 Å². The Morgan fingerprint density at radius 3 is 1.52 bits per heavy atom. The van der Waals surface area contributed by atoms with Crippen molar-refractivity contribution in [3.05, 3.63) is 42.5 Å². The van der Waals surface area contributed by atoms with Gasteiger partial charge in [0.25, 0.3) is 0 Å². The molecule has 8 N–H and O–H groups in total. The number of nitrogens with one attached hydrogen (secondary N) is 3. The highest BCUT2D eigenvalue weighted by Crippen LogP contribution is 2.17. The number of carboxylic acids is 1. The lowest BCUT2D eigenvalue weighted by Gasteiger charge is -2.27. The Morgan fingerprint density at radius 2 is 1.10 bits per heavy atom. The number of carboxylic acid groups (broad SMARTS) is 1. The smallest absolute Gasteiger partial charge is 0.326 e. The molecule has 1 amide bonds. The third kappa shape index (κ3) is 32.8. The average molecular weight is 812 g/mol. The van der Waals surface area contributed by atoms with E-state index in [9.17, 15) is 14.7 Å². The van der Waals surface area contributed by atoms with Gasteiger partial charge in [0.05, 0.1) is 12.4 Å². The maximum atomic E-state index is 13.7. The molecule has 1 aromatic rings. The fourth-order valence-corrected chi connectivity index (χ4v) is 7.58. The molecule has 0 radical (unpaired) electrons. The van der Waals surface area contributed by atoms with Gasteiger partial charge in [0.1, 0.15) is 6.04 Å². The number of hydrogen-bond donors (Lipinski definition) is 6. The van der Waals surface area contributed by atoms with Crippen LogP contribution in [0.25, 0.3) is 0 Å². The van der Waals surface area contributed by atoms with Gasteiger partial charge in [-0.1, -0.05) is 160 Å². The van der Waals surface area contributed by atoms with Crippen molar-refractivity contribution in [3.8, 4) is 0 Å². The molecule has 0 bridgehead atoms. The number of aromatic nitrogens is 2. The number of unbranched alkanes of at least 4 members (excludes halogenated alkanes) is 23. The number of aliphatic imine (C=N–C) groups is 1. The van der Waals surface area contributed by atoms with Gasteiger partial charge in [-0.25, -0.2) is 9.78 Å². The molecule has 0 aliphatic heterocycles. The van der Waals surface area contributed by atoms with Crippen LogP contribution in [0.4, 0.5) is 0 Å². The van der Waals surface area contributed by atoms with Crippen molar-refractivity contribution in [2.45, 2.75) is 237 Å².